The minimum atomic E-state index is -0.134. The summed E-state index contributed by atoms with van der Waals surface area (Å²) in [5.41, 5.74) is 0.615. The first-order valence-corrected chi connectivity index (χ1v) is 5.98. The maximum Gasteiger partial charge on any atom is 0.234 e. The molecule has 1 aliphatic rings. The molecule has 5 heteroatoms. The Hall–Kier alpha value is -0.680. The largest absolute Gasteiger partial charge is 0.274 e. The van der Waals surface area contributed by atoms with E-state index in [9.17, 15) is 9.59 Å². The summed E-state index contributed by atoms with van der Waals surface area (Å²) < 4.78 is 1.67. The van der Waals surface area contributed by atoms with Crippen LogP contribution in [0.1, 0.15) is 12.8 Å². The monoisotopic (exact) mass is 331 g/mol. The Morgan fingerprint density at radius 3 is 1.87 bits per heavy atom. The van der Waals surface area contributed by atoms with E-state index in [0.29, 0.717) is 18.5 Å². The van der Waals surface area contributed by atoms with Gasteiger partial charge in [-0.15, -0.1) is 0 Å². The summed E-state index contributed by atoms with van der Waals surface area (Å²) in [6.45, 7) is 0. The zero-order valence-corrected chi connectivity index (χ0v) is 10.8. The van der Waals surface area contributed by atoms with E-state index >= 15 is 0 Å². The molecule has 0 saturated carbocycles. The molecule has 0 N–H and O–H groups in total. The van der Waals surface area contributed by atoms with Crippen molar-refractivity contribution in [2.45, 2.75) is 12.8 Å². The zero-order valence-electron chi connectivity index (χ0n) is 7.67. The third-order valence-corrected chi connectivity index (χ3v) is 3.07. The number of benzene rings is 1. The Labute approximate surface area is 104 Å². The SMILES string of the molecule is O=C1CCC(=O)N1c1cc(Br)cc(Br)c1. The van der Waals surface area contributed by atoms with Gasteiger partial charge in [-0.1, -0.05) is 31.9 Å². The number of carbonyl (C=O) groups is 2. The van der Waals surface area contributed by atoms with Crippen LogP contribution in [0.3, 0.4) is 0 Å². The summed E-state index contributed by atoms with van der Waals surface area (Å²) in [5, 5.41) is 0. The number of rotatable bonds is 1. The molecule has 1 aromatic rings. The molecule has 0 bridgehead atoms. The summed E-state index contributed by atoms with van der Waals surface area (Å²) in [5.74, 6) is -0.269. The van der Waals surface area contributed by atoms with Crippen molar-refractivity contribution in [3.8, 4) is 0 Å². The molecule has 0 atom stereocenters. The highest BCUT2D eigenvalue weighted by Crippen LogP contribution is 2.29. The molecule has 15 heavy (non-hydrogen) atoms. The number of halogens is 2. The molecule has 0 spiro atoms. The molecular formula is C10H7Br2NO2. The number of nitrogens with zero attached hydrogens (tertiary/aromatic N) is 1. The average molecular weight is 333 g/mol. The highest BCUT2D eigenvalue weighted by atomic mass is 79.9. The number of hydrogen-bond donors (Lipinski definition) is 0. The van der Waals surface area contributed by atoms with E-state index in [1.54, 1.807) is 12.1 Å². The molecule has 1 saturated heterocycles. The predicted octanol–water partition coefficient (Wildman–Crippen LogP) is 2.87. The quantitative estimate of drug-likeness (QED) is 0.741. The maximum absolute atomic E-state index is 11.5. The van der Waals surface area contributed by atoms with Crippen LogP contribution in [0.25, 0.3) is 0 Å². The molecule has 2 amide bonds. The lowest BCUT2D eigenvalue weighted by Gasteiger charge is -2.14. The van der Waals surface area contributed by atoms with Crippen molar-refractivity contribution in [3.63, 3.8) is 0 Å². The first-order chi connectivity index (χ1) is 7.08. The van der Waals surface area contributed by atoms with Gasteiger partial charge in [-0.2, -0.15) is 0 Å². The van der Waals surface area contributed by atoms with Crippen LogP contribution in [0, 0.1) is 0 Å². The fourth-order valence-electron chi connectivity index (χ4n) is 1.53. The van der Waals surface area contributed by atoms with Crippen molar-refractivity contribution < 1.29 is 9.59 Å². The van der Waals surface area contributed by atoms with Gasteiger partial charge in [0.15, 0.2) is 0 Å². The van der Waals surface area contributed by atoms with Crippen molar-refractivity contribution in [3.05, 3.63) is 27.1 Å². The van der Waals surface area contributed by atoms with Crippen LogP contribution in [0.2, 0.25) is 0 Å². The van der Waals surface area contributed by atoms with Crippen LogP contribution in [0.5, 0.6) is 0 Å². The minimum Gasteiger partial charge on any atom is -0.274 e. The highest BCUT2D eigenvalue weighted by Gasteiger charge is 2.30. The molecule has 1 aromatic carbocycles. The summed E-state index contributed by atoms with van der Waals surface area (Å²) in [6.07, 6.45) is 0.617. The molecule has 1 heterocycles. The zero-order chi connectivity index (χ0) is 11.0. The van der Waals surface area contributed by atoms with E-state index in [1.807, 2.05) is 6.07 Å². The van der Waals surface area contributed by atoms with Gasteiger partial charge < -0.3 is 0 Å². The van der Waals surface area contributed by atoms with Gasteiger partial charge in [-0.25, -0.2) is 0 Å². The van der Waals surface area contributed by atoms with Crippen LogP contribution < -0.4 is 4.90 Å². The van der Waals surface area contributed by atoms with Crippen LogP contribution >= 0.6 is 31.9 Å². The van der Waals surface area contributed by atoms with Gasteiger partial charge in [0.1, 0.15) is 0 Å². The summed E-state index contributed by atoms with van der Waals surface area (Å²) >= 11 is 6.64. The van der Waals surface area contributed by atoms with Crippen molar-refractivity contribution in [2.24, 2.45) is 0 Å². The van der Waals surface area contributed by atoms with Gasteiger partial charge in [-0.05, 0) is 18.2 Å². The number of anilines is 1. The van der Waals surface area contributed by atoms with E-state index in [-0.39, 0.29) is 11.8 Å². The van der Waals surface area contributed by atoms with Crippen molar-refractivity contribution >= 4 is 49.4 Å². The summed E-state index contributed by atoms with van der Waals surface area (Å²) in [6, 6.07) is 5.37. The van der Waals surface area contributed by atoms with Crippen LogP contribution in [-0.2, 0) is 9.59 Å². The topological polar surface area (TPSA) is 37.4 Å². The van der Waals surface area contributed by atoms with Crippen molar-refractivity contribution in [1.29, 1.82) is 0 Å². The molecule has 1 fully saturated rings. The van der Waals surface area contributed by atoms with Crippen LogP contribution in [-0.4, -0.2) is 11.8 Å². The lowest BCUT2D eigenvalue weighted by atomic mass is 10.3. The van der Waals surface area contributed by atoms with E-state index in [1.165, 1.54) is 4.90 Å². The summed E-state index contributed by atoms with van der Waals surface area (Å²) in [7, 11) is 0. The Balaban J connectivity index is 2.44. The van der Waals surface area contributed by atoms with E-state index in [0.717, 1.165) is 8.95 Å². The molecule has 0 unspecified atom stereocenters. The fraction of sp³-hybridized carbons (Fsp3) is 0.200. The predicted molar refractivity (Wildman–Crippen MR) is 63.6 cm³/mol. The number of hydrogen-bond acceptors (Lipinski definition) is 2. The van der Waals surface area contributed by atoms with Crippen molar-refractivity contribution in [2.75, 3.05) is 4.90 Å². The van der Waals surface area contributed by atoms with Gasteiger partial charge in [0, 0.05) is 21.8 Å². The van der Waals surface area contributed by atoms with Crippen molar-refractivity contribution in [1.82, 2.24) is 0 Å². The second-order valence-electron chi connectivity index (χ2n) is 3.25. The molecule has 1 aliphatic heterocycles. The van der Waals surface area contributed by atoms with Gasteiger partial charge in [0.05, 0.1) is 5.69 Å². The molecule has 3 nitrogen and oxygen atoms in total. The normalized spacial score (nSPS) is 16.3. The van der Waals surface area contributed by atoms with E-state index in [4.69, 9.17) is 0 Å². The Morgan fingerprint density at radius 2 is 1.40 bits per heavy atom. The van der Waals surface area contributed by atoms with Gasteiger partial charge in [0.25, 0.3) is 0 Å². The number of amides is 2. The average Bonchev–Trinajstić information content (AvgIpc) is 2.44. The lowest BCUT2D eigenvalue weighted by Crippen LogP contribution is -2.28. The molecule has 2 rings (SSSR count). The van der Waals surface area contributed by atoms with Gasteiger partial charge >= 0.3 is 0 Å². The standard InChI is InChI=1S/C10H7Br2NO2/c11-6-3-7(12)5-8(4-6)13-9(14)1-2-10(13)15/h3-5H,1-2H2. The summed E-state index contributed by atoms with van der Waals surface area (Å²) in [4.78, 5) is 24.2. The lowest BCUT2D eigenvalue weighted by molar-refractivity contribution is -0.121. The van der Waals surface area contributed by atoms with Crippen LogP contribution in [0.15, 0.2) is 27.1 Å². The molecule has 78 valence electrons. The third kappa shape index (κ3) is 2.13. The second kappa shape index (κ2) is 4.06. The first kappa shape index (κ1) is 10.8. The maximum atomic E-state index is 11.5. The smallest absolute Gasteiger partial charge is 0.234 e. The van der Waals surface area contributed by atoms with E-state index in [2.05, 4.69) is 31.9 Å². The fourth-order valence-corrected chi connectivity index (χ4v) is 2.80. The Morgan fingerprint density at radius 1 is 0.933 bits per heavy atom. The number of imide groups is 1. The number of carbonyl (C=O) groups excluding carboxylic acids is 2. The van der Waals surface area contributed by atoms with Gasteiger partial charge in [0.2, 0.25) is 11.8 Å². The molecule has 0 aromatic heterocycles. The molecule has 0 radical (unpaired) electrons. The Kier molecular flexibility index (Phi) is 2.93. The van der Waals surface area contributed by atoms with Crippen LogP contribution in [0.4, 0.5) is 5.69 Å². The third-order valence-electron chi connectivity index (χ3n) is 2.16. The molecular weight excluding hydrogens is 326 g/mol. The molecule has 0 aliphatic carbocycles. The Bertz CT molecular complexity index is 409. The van der Waals surface area contributed by atoms with E-state index < -0.39 is 0 Å². The first-order valence-electron chi connectivity index (χ1n) is 4.40. The minimum absolute atomic E-state index is 0.134. The highest BCUT2D eigenvalue weighted by molar-refractivity contribution is 9.11. The van der Waals surface area contributed by atoms with Gasteiger partial charge in [-0.3, -0.25) is 14.5 Å². The second-order valence-corrected chi connectivity index (χ2v) is 5.08.